The van der Waals surface area contributed by atoms with Crippen LogP contribution >= 0.6 is 0 Å². The van der Waals surface area contributed by atoms with E-state index in [1.54, 1.807) is 31.4 Å². The van der Waals surface area contributed by atoms with E-state index in [0.717, 1.165) is 42.1 Å². The van der Waals surface area contributed by atoms with Gasteiger partial charge in [0.15, 0.2) is 0 Å². The van der Waals surface area contributed by atoms with E-state index < -0.39 is 0 Å². The number of imide groups is 1. The van der Waals surface area contributed by atoms with Crippen LogP contribution in [0.5, 0.6) is 5.75 Å². The molecule has 0 radical (unpaired) electrons. The molecule has 5 rings (SSSR count). The van der Waals surface area contributed by atoms with Crippen LogP contribution in [0.15, 0.2) is 65.3 Å². The molecule has 8 nitrogen and oxygen atoms in total. The molecule has 3 heterocycles. The SMILES string of the molecule is COc1cccc(CCN2C(=O)c3cccc(N4CCCC(C(=O)N(C)Cc5ccco5)C4)c3C2=O)c1. The second-order valence-corrected chi connectivity index (χ2v) is 9.62. The minimum Gasteiger partial charge on any atom is -0.497 e. The molecule has 37 heavy (non-hydrogen) atoms. The molecule has 0 N–H and O–H groups in total. The molecular weight excluding hydrogens is 470 g/mol. The van der Waals surface area contributed by atoms with E-state index in [1.165, 1.54) is 4.90 Å². The summed E-state index contributed by atoms with van der Waals surface area (Å²) in [6, 6.07) is 16.7. The first-order valence-electron chi connectivity index (χ1n) is 12.6. The van der Waals surface area contributed by atoms with Crippen molar-refractivity contribution in [3.05, 3.63) is 83.3 Å². The fourth-order valence-corrected chi connectivity index (χ4v) is 5.27. The second kappa shape index (κ2) is 10.5. The van der Waals surface area contributed by atoms with E-state index in [9.17, 15) is 14.4 Å². The zero-order valence-electron chi connectivity index (χ0n) is 21.2. The highest BCUT2D eigenvalue weighted by molar-refractivity contribution is 6.23. The molecular formula is C29H31N3O5. The quantitative estimate of drug-likeness (QED) is 0.434. The van der Waals surface area contributed by atoms with E-state index in [2.05, 4.69) is 4.90 Å². The predicted molar refractivity (Wildman–Crippen MR) is 139 cm³/mol. The van der Waals surface area contributed by atoms with Crippen molar-refractivity contribution in [3.8, 4) is 5.75 Å². The number of benzene rings is 2. The number of hydrogen-bond acceptors (Lipinski definition) is 6. The van der Waals surface area contributed by atoms with Gasteiger partial charge in [0.2, 0.25) is 5.91 Å². The van der Waals surface area contributed by atoms with E-state index >= 15 is 0 Å². The van der Waals surface area contributed by atoms with E-state index in [0.29, 0.717) is 30.6 Å². The number of anilines is 1. The summed E-state index contributed by atoms with van der Waals surface area (Å²) in [5, 5.41) is 0. The number of carbonyl (C=O) groups is 3. The highest BCUT2D eigenvalue weighted by Crippen LogP contribution is 2.34. The molecule has 1 unspecified atom stereocenters. The summed E-state index contributed by atoms with van der Waals surface area (Å²) < 4.78 is 10.7. The van der Waals surface area contributed by atoms with Gasteiger partial charge in [-0.25, -0.2) is 0 Å². The van der Waals surface area contributed by atoms with Crippen LogP contribution in [0.4, 0.5) is 5.69 Å². The predicted octanol–water partition coefficient (Wildman–Crippen LogP) is 4.00. The van der Waals surface area contributed by atoms with Crippen LogP contribution in [0.1, 0.15) is 44.9 Å². The number of rotatable bonds is 8. The summed E-state index contributed by atoms with van der Waals surface area (Å²) in [6.07, 6.45) is 3.76. The minimum atomic E-state index is -0.276. The Morgan fingerprint density at radius 1 is 1.11 bits per heavy atom. The number of piperidine rings is 1. The number of hydrogen-bond donors (Lipinski definition) is 0. The number of nitrogens with zero attached hydrogens (tertiary/aromatic N) is 3. The summed E-state index contributed by atoms with van der Waals surface area (Å²) in [4.78, 5) is 45.0. The summed E-state index contributed by atoms with van der Waals surface area (Å²) in [5.74, 6) is 0.792. The van der Waals surface area contributed by atoms with Gasteiger partial charge in [-0.2, -0.15) is 0 Å². The Bertz CT molecular complexity index is 1300. The van der Waals surface area contributed by atoms with Crippen molar-refractivity contribution in [1.82, 2.24) is 9.80 Å². The number of fused-ring (bicyclic) bond motifs is 1. The Hall–Kier alpha value is -4.07. The van der Waals surface area contributed by atoms with E-state index in [1.807, 2.05) is 48.5 Å². The molecule has 1 atom stereocenters. The molecule has 2 aliphatic rings. The van der Waals surface area contributed by atoms with Crippen molar-refractivity contribution < 1.29 is 23.5 Å². The maximum atomic E-state index is 13.5. The molecule has 1 saturated heterocycles. The number of furan rings is 1. The Kier molecular flexibility index (Phi) is 6.99. The van der Waals surface area contributed by atoms with Crippen molar-refractivity contribution in [1.29, 1.82) is 0 Å². The Morgan fingerprint density at radius 2 is 1.95 bits per heavy atom. The molecule has 0 aliphatic carbocycles. The Morgan fingerprint density at radius 3 is 2.73 bits per heavy atom. The fraction of sp³-hybridized carbons (Fsp3) is 0.345. The van der Waals surface area contributed by atoms with Crippen molar-refractivity contribution in [2.24, 2.45) is 5.92 Å². The van der Waals surface area contributed by atoms with Crippen LogP contribution < -0.4 is 9.64 Å². The van der Waals surface area contributed by atoms with E-state index in [4.69, 9.17) is 9.15 Å². The molecule has 0 saturated carbocycles. The van der Waals surface area contributed by atoms with Gasteiger partial charge in [0.1, 0.15) is 11.5 Å². The third-order valence-electron chi connectivity index (χ3n) is 7.20. The largest absolute Gasteiger partial charge is 0.497 e. The minimum absolute atomic E-state index is 0.0518. The average Bonchev–Trinajstić information content (AvgIpc) is 3.53. The van der Waals surface area contributed by atoms with Crippen molar-refractivity contribution >= 4 is 23.4 Å². The maximum Gasteiger partial charge on any atom is 0.263 e. The highest BCUT2D eigenvalue weighted by Gasteiger charge is 2.39. The van der Waals surface area contributed by atoms with Gasteiger partial charge in [0.05, 0.1) is 42.6 Å². The second-order valence-electron chi connectivity index (χ2n) is 9.62. The lowest BCUT2D eigenvalue weighted by Crippen LogP contribution is -2.44. The maximum absolute atomic E-state index is 13.5. The summed E-state index contributed by atoms with van der Waals surface area (Å²) >= 11 is 0. The standard InChI is InChI=1S/C29H31N3O5/c1-30(19-23-10-6-16-37-23)27(33)21-8-5-14-31(18-21)25-12-4-11-24-26(25)29(35)32(28(24)34)15-13-20-7-3-9-22(17-20)36-2/h3-4,6-7,9-12,16-17,21H,5,8,13-15,18-19H2,1-2H3. The summed E-state index contributed by atoms with van der Waals surface area (Å²) in [5.41, 5.74) is 2.59. The van der Waals surface area contributed by atoms with Crippen LogP contribution in [0.2, 0.25) is 0 Å². The van der Waals surface area contributed by atoms with Gasteiger partial charge in [0, 0.05) is 26.7 Å². The topological polar surface area (TPSA) is 83.3 Å². The highest BCUT2D eigenvalue weighted by atomic mass is 16.5. The van der Waals surface area contributed by atoms with Gasteiger partial charge in [-0.3, -0.25) is 19.3 Å². The zero-order chi connectivity index (χ0) is 25.9. The summed E-state index contributed by atoms with van der Waals surface area (Å²) in [6.45, 7) is 1.94. The first-order valence-corrected chi connectivity index (χ1v) is 12.6. The smallest absolute Gasteiger partial charge is 0.263 e. The van der Waals surface area contributed by atoms with Crippen LogP contribution in [0, 0.1) is 5.92 Å². The number of methoxy groups -OCH3 is 1. The van der Waals surface area contributed by atoms with Gasteiger partial charge in [0.25, 0.3) is 11.8 Å². The van der Waals surface area contributed by atoms with Crippen LogP contribution in [0.25, 0.3) is 0 Å². The van der Waals surface area contributed by atoms with Crippen LogP contribution in [0.3, 0.4) is 0 Å². The molecule has 3 aromatic rings. The zero-order valence-corrected chi connectivity index (χ0v) is 21.2. The molecule has 1 aromatic heterocycles. The lowest BCUT2D eigenvalue weighted by molar-refractivity contribution is -0.135. The molecule has 0 bridgehead atoms. The number of carbonyl (C=O) groups excluding carboxylic acids is 3. The van der Waals surface area contributed by atoms with Crippen molar-refractivity contribution in [3.63, 3.8) is 0 Å². The third kappa shape index (κ3) is 4.96. The molecule has 192 valence electrons. The van der Waals surface area contributed by atoms with Crippen molar-refractivity contribution in [2.75, 3.05) is 38.7 Å². The lowest BCUT2D eigenvalue weighted by Gasteiger charge is -2.36. The van der Waals surface area contributed by atoms with Gasteiger partial charge in [-0.1, -0.05) is 18.2 Å². The van der Waals surface area contributed by atoms with E-state index in [-0.39, 0.29) is 30.2 Å². The Labute approximate surface area is 216 Å². The van der Waals surface area contributed by atoms with Gasteiger partial charge < -0.3 is 19.0 Å². The first kappa shape index (κ1) is 24.6. The van der Waals surface area contributed by atoms with Gasteiger partial charge in [-0.05, 0) is 61.2 Å². The number of ether oxygens (including phenoxy) is 1. The molecule has 2 aliphatic heterocycles. The average molecular weight is 502 g/mol. The molecule has 3 amide bonds. The van der Waals surface area contributed by atoms with Gasteiger partial charge >= 0.3 is 0 Å². The molecule has 2 aromatic carbocycles. The molecule has 8 heteroatoms. The fourth-order valence-electron chi connectivity index (χ4n) is 5.27. The molecule has 1 fully saturated rings. The third-order valence-corrected chi connectivity index (χ3v) is 7.20. The number of amides is 3. The van der Waals surface area contributed by atoms with Crippen LogP contribution in [-0.4, -0.2) is 61.3 Å². The summed E-state index contributed by atoms with van der Waals surface area (Å²) in [7, 11) is 3.40. The van der Waals surface area contributed by atoms with Gasteiger partial charge in [-0.15, -0.1) is 0 Å². The Balaban J connectivity index is 1.30. The van der Waals surface area contributed by atoms with Crippen molar-refractivity contribution in [2.45, 2.75) is 25.8 Å². The monoisotopic (exact) mass is 501 g/mol. The normalized spacial score (nSPS) is 17.2. The first-order chi connectivity index (χ1) is 18.0. The molecule has 0 spiro atoms. The lowest BCUT2D eigenvalue weighted by atomic mass is 9.95. The van der Waals surface area contributed by atoms with Crippen LogP contribution in [-0.2, 0) is 17.8 Å².